The highest BCUT2D eigenvalue weighted by atomic mass is 16.5. The van der Waals surface area contributed by atoms with Crippen LogP contribution in [0.2, 0.25) is 0 Å². The molecule has 0 bridgehead atoms. The second-order valence-corrected chi connectivity index (χ2v) is 10.3. The molecule has 1 N–H and O–H groups in total. The third-order valence-corrected chi connectivity index (χ3v) is 6.99. The zero-order chi connectivity index (χ0) is 23.1. The Bertz CT molecular complexity index is 488. The van der Waals surface area contributed by atoms with Crippen LogP contribution < -0.4 is 0 Å². The van der Waals surface area contributed by atoms with Gasteiger partial charge in [0, 0.05) is 0 Å². The van der Waals surface area contributed by atoms with E-state index in [2.05, 4.69) is 27.7 Å². The van der Waals surface area contributed by atoms with Crippen LogP contribution in [0.1, 0.15) is 130 Å². The highest BCUT2D eigenvalue weighted by Gasteiger charge is 2.37. The Balaban J connectivity index is 2.72. The normalized spacial score (nSPS) is 21.1. The van der Waals surface area contributed by atoms with Crippen molar-refractivity contribution in [3.63, 3.8) is 0 Å². The SMILES string of the molecule is CCCCCC(CCC)CC(CCCCCC(C)C)OC(=O)C1CCCCC1C(=O)O. The Morgan fingerprint density at radius 1 is 0.839 bits per heavy atom. The van der Waals surface area contributed by atoms with E-state index in [9.17, 15) is 14.7 Å². The summed E-state index contributed by atoms with van der Waals surface area (Å²) in [6, 6.07) is 0. The number of carboxylic acid groups (broad SMARTS) is 1. The standard InChI is InChI=1S/C27H50O4/c1-5-7-9-16-22(14-6-2)20-23(17-11-8-10-15-21(3)4)31-27(30)25-19-13-12-18-24(25)26(28)29/h21-25H,5-20H2,1-4H3,(H,28,29). The molecule has 0 radical (unpaired) electrons. The first kappa shape index (κ1) is 28.0. The van der Waals surface area contributed by atoms with E-state index in [1.807, 2.05) is 0 Å². The quantitative estimate of drug-likeness (QED) is 0.186. The van der Waals surface area contributed by atoms with Crippen LogP contribution in [-0.2, 0) is 14.3 Å². The molecule has 0 aromatic carbocycles. The topological polar surface area (TPSA) is 63.6 Å². The smallest absolute Gasteiger partial charge is 0.310 e. The maximum atomic E-state index is 13.0. The Labute approximate surface area is 191 Å². The number of hydrogen-bond donors (Lipinski definition) is 1. The molecule has 0 heterocycles. The summed E-state index contributed by atoms with van der Waals surface area (Å²) in [5.41, 5.74) is 0. The number of carbonyl (C=O) groups excluding carboxylic acids is 1. The van der Waals surface area contributed by atoms with Crippen molar-refractivity contribution in [3.8, 4) is 0 Å². The molecule has 0 saturated heterocycles. The van der Waals surface area contributed by atoms with E-state index in [1.54, 1.807) is 0 Å². The van der Waals surface area contributed by atoms with Crippen molar-refractivity contribution in [2.24, 2.45) is 23.7 Å². The lowest BCUT2D eigenvalue weighted by molar-refractivity contribution is -0.164. The molecule has 0 aliphatic heterocycles. The van der Waals surface area contributed by atoms with Crippen LogP contribution in [0.25, 0.3) is 0 Å². The van der Waals surface area contributed by atoms with Crippen molar-refractivity contribution in [1.29, 1.82) is 0 Å². The van der Waals surface area contributed by atoms with Gasteiger partial charge in [-0.2, -0.15) is 0 Å². The Morgan fingerprint density at radius 3 is 2.10 bits per heavy atom. The minimum atomic E-state index is -0.838. The molecule has 0 aromatic heterocycles. The zero-order valence-electron chi connectivity index (χ0n) is 20.9. The van der Waals surface area contributed by atoms with Crippen LogP contribution in [0.4, 0.5) is 0 Å². The predicted molar refractivity (Wildman–Crippen MR) is 128 cm³/mol. The number of aliphatic carboxylic acids is 1. The van der Waals surface area contributed by atoms with Gasteiger partial charge in [-0.25, -0.2) is 0 Å². The van der Waals surface area contributed by atoms with Crippen molar-refractivity contribution in [3.05, 3.63) is 0 Å². The molecule has 0 amide bonds. The summed E-state index contributed by atoms with van der Waals surface area (Å²) in [5, 5.41) is 9.57. The Morgan fingerprint density at radius 2 is 1.48 bits per heavy atom. The van der Waals surface area contributed by atoms with Gasteiger partial charge in [0.15, 0.2) is 0 Å². The molecule has 4 heteroatoms. The fourth-order valence-corrected chi connectivity index (χ4v) is 5.13. The number of carbonyl (C=O) groups is 2. The first-order valence-electron chi connectivity index (χ1n) is 13.3. The number of carboxylic acids is 1. The van der Waals surface area contributed by atoms with E-state index < -0.39 is 17.8 Å². The van der Waals surface area contributed by atoms with Crippen LogP contribution in [0.5, 0.6) is 0 Å². The lowest BCUT2D eigenvalue weighted by Gasteiger charge is -2.30. The average Bonchev–Trinajstić information content (AvgIpc) is 2.73. The van der Waals surface area contributed by atoms with E-state index in [0.29, 0.717) is 18.8 Å². The zero-order valence-corrected chi connectivity index (χ0v) is 20.9. The molecule has 1 aliphatic carbocycles. The summed E-state index contributed by atoms with van der Waals surface area (Å²) < 4.78 is 6.08. The lowest BCUT2D eigenvalue weighted by Crippen LogP contribution is -2.36. The molecule has 182 valence electrons. The van der Waals surface area contributed by atoms with Crippen LogP contribution >= 0.6 is 0 Å². The molecule has 4 nitrogen and oxygen atoms in total. The number of rotatable bonds is 17. The van der Waals surface area contributed by atoms with E-state index in [0.717, 1.165) is 44.4 Å². The van der Waals surface area contributed by atoms with E-state index in [1.165, 1.54) is 51.4 Å². The van der Waals surface area contributed by atoms with Gasteiger partial charge in [0.1, 0.15) is 6.10 Å². The summed E-state index contributed by atoms with van der Waals surface area (Å²) in [6.07, 6.45) is 17.0. The van der Waals surface area contributed by atoms with Crippen LogP contribution in [-0.4, -0.2) is 23.1 Å². The van der Waals surface area contributed by atoms with Gasteiger partial charge in [-0.1, -0.05) is 98.3 Å². The molecule has 1 saturated carbocycles. The highest BCUT2D eigenvalue weighted by Crippen LogP contribution is 2.33. The Hall–Kier alpha value is -1.06. The van der Waals surface area contributed by atoms with Gasteiger partial charge in [-0.05, 0) is 43.9 Å². The van der Waals surface area contributed by atoms with Crippen molar-refractivity contribution in [2.75, 3.05) is 0 Å². The number of unbranched alkanes of at least 4 members (excludes halogenated alkanes) is 4. The van der Waals surface area contributed by atoms with Crippen molar-refractivity contribution in [1.82, 2.24) is 0 Å². The lowest BCUT2D eigenvalue weighted by atomic mass is 9.79. The highest BCUT2D eigenvalue weighted by molar-refractivity contribution is 5.81. The summed E-state index contributed by atoms with van der Waals surface area (Å²) in [6.45, 7) is 9.00. The second kappa shape index (κ2) is 16.6. The summed E-state index contributed by atoms with van der Waals surface area (Å²) in [7, 11) is 0. The Kier molecular flexibility index (Phi) is 14.9. The van der Waals surface area contributed by atoms with Gasteiger partial charge < -0.3 is 9.84 Å². The number of hydrogen-bond acceptors (Lipinski definition) is 3. The molecule has 1 rings (SSSR count). The second-order valence-electron chi connectivity index (χ2n) is 10.3. The minimum absolute atomic E-state index is 0.0545. The molecule has 1 fully saturated rings. The third-order valence-electron chi connectivity index (χ3n) is 6.99. The molecule has 0 aromatic rings. The third kappa shape index (κ3) is 11.9. The van der Waals surface area contributed by atoms with Crippen LogP contribution in [0.15, 0.2) is 0 Å². The number of ether oxygens (including phenoxy) is 1. The van der Waals surface area contributed by atoms with E-state index in [-0.39, 0.29) is 12.1 Å². The molecular formula is C27H50O4. The average molecular weight is 439 g/mol. The van der Waals surface area contributed by atoms with Gasteiger partial charge >= 0.3 is 11.9 Å². The molecule has 31 heavy (non-hydrogen) atoms. The summed E-state index contributed by atoms with van der Waals surface area (Å²) in [4.78, 5) is 24.7. The van der Waals surface area contributed by atoms with E-state index >= 15 is 0 Å². The molecule has 4 unspecified atom stereocenters. The fourth-order valence-electron chi connectivity index (χ4n) is 5.13. The minimum Gasteiger partial charge on any atom is -0.481 e. The van der Waals surface area contributed by atoms with Gasteiger partial charge in [-0.15, -0.1) is 0 Å². The first-order chi connectivity index (χ1) is 14.9. The van der Waals surface area contributed by atoms with Gasteiger partial charge in [0.05, 0.1) is 11.8 Å². The maximum absolute atomic E-state index is 13.0. The molecular weight excluding hydrogens is 388 g/mol. The van der Waals surface area contributed by atoms with Gasteiger partial charge in [0.25, 0.3) is 0 Å². The van der Waals surface area contributed by atoms with Crippen LogP contribution in [0, 0.1) is 23.7 Å². The van der Waals surface area contributed by atoms with Crippen molar-refractivity contribution < 1.29 is 19.4 Å². The predicted octanol–water partition coefficient (Wildman–Crippen LogP) is 7.78. The monoisotopic (exact) mass is 438 g/mol. The van der Waals surface area contributed by atoms with Gasteiger partial charge in [0.2, 0.25) is 0 Å². The van der Waals surface area contributed by atoms with Crippen molar-refractivity contribution in [2.45, 2.75) is 137 Å². The number of esters is 1. The van der Waals surface area contributed by atoms with Crippen LogP contribution in [0.3, 0.4) is 0 Å². The molecule has 4 atom stereocenters. The maximum Gasteiger partial charge on any atom is 0.310 e. The molecule has 1 aliphatic rings. The van der Waals surface area contributed by atoms with Gasteiger partial charge in [-0.3, -0.25) is 9.59 Å². The first-order valence-corrected chi connectivity index (χ1v) is 13.3. The summed E-state index contributed by atoms with van der Waals surface area (Å²) in [5.74, 6) is -0.770. The largest absolute Gasteiger partial charge is 0.481 e. The molecule has 0 spiro atoms. The van der Waals surface area contributed by atoms with Crippen molar-refractivity contribution >= 4 is 11.9 Å². The fraction of sp³-hybridized carbons (Fsp3) is 0.926. The van der Waals surface area contributed by atoms with E-state index in [4.69, 9.17) is 4.74 Å². The summed E-state index contributed by atoms with van der Waals surface area (Å²) >= 11 is 0.